The first-order valence-corrected chi connectivity index (χ1v) is 10.7. The van der Waals surface area contributed by atoms with Gasteiger partial charge in [-0.1, -0.05) is 60.2 Å². The smallest absolute Gasteiger partial charge is 0.240 e. The predicted molar refractivity (Wildman–Crippen MR) is 116 cm³/mol. The van der Waals surface area contributed by atoms with Crippen LogP contribution in [0.1, 0.15) is 16.7 Å². The Balaban J connectivity index is 1.88. The molecule has 0 heterocycles. The van der Waals surface area contributed by atoms with Crippen molar-refractivity contribution in [2.45, 2.75) is 25.1 Å². The summed E-state index contributed by atoms with van der Waals surface area (Å²) in [6, 6.07) is 17.3. The van der Waals surface area contributed by atoms with Crippen molar-refractivity contribution < 1.29 is 9.59 Å². The van der Waals surface area contributed by atoms with Gasteiger partial charge in [-0.05, 0) is 24.5 Å². The minimum Gasteiger partial charge on any atom is -0.368 e. The van der Waals surface area contributed by atoms with E-state index in [4.69, 9.17) is 5.73 Å². The first kappa shape index (κ1) is 21.4. The largest absolute Gasteiger partial charge is 0.368 e. The molecule has 0 saturated carbocycles. The van der Waals surface area contributed by atoms with Crippen LogP contribution in [-0.2, 0) is 21.8 Å². The normalized spacial score (nSPS) is 13.0. The fourth-order valence-electron chi connectivity index (χ4n) is 2.60. The molecule has 27 heavy (non-hydrogen) atoms. The van der Waals surface area contributed by atoms with Crippen molar-refractivity contribution in [3.8, 4) is 0 Å². The molecule has 2 rings (SSSR count). The van der Waals surface area contributed by atoms with E-state index in [1.807, 2.05) is 37.3 Å². The van der Waals surface area contributed by atoms with Crippen molar-refractivity contribution in [1.29, 1.82) is 0 Å². The minimum absolute atomic E-state index is 0.186. The maximum atomic E-state index is 12.6. The zero-order chi connectivity index (χ0) is 19.6. The summed E-state index contributed by atoms with van der Waals surface area (Å²) in [5.41, 5.74) is 8.95. The van der Waals surface area contributed by atoms with E-state index in [-0.39, 0.29) is 11.8 Å². The molecule has 144 valence electrons. The van der Waals surface area contributed by atoms with Crippen LogP contribution < -0.4 is 11.1 Å². The average molecular weight is 403 g/mol. The average Bonchev–Trinajstić information content (AvgIpc) is 2.67. The lowest BCUT2D eigenvalue weighted by atomic mass is 10.00. The van der Waals surface area contributed by atoms with E-state index in [9.17, 15) is 9.59 Å². The molecule has 2 atom stereocenters. The molecule has 0 aliphatic carbocycles. The van der Waals surface area contributed by atoms with Crippen LogP contribution in [0.25, 0.3) is 0 Å². The van der Waals surface area contributed by atoms with Gasteiger partial charge in [-0.2, -0.15) is 24.4 Å². The Morgan fingerprint density at radius 1 is 1.07 bits per heavy atom. The van der Waals surface area contributed by atoms with Gasteiger partial charge in [0.25, 0.3) is 0 Å². The van der Waals surface area contributed by atoms with Gasteiger partial charge in [-0.25, -0.2) is 0 Å². The van der Waals surface area contributed by atoms with Crippen molar-refractivity contribution in [3.05, 3.63) is 71.3 Å². The Hall–Kier alpha value is -1.92. The third kappa shape index (κ3) is 7.31. The molecule has 0 aromatic heterocycles. The second-order valence-electron chi connectivity index (χ2n) is 6.53. The lowest BCUT2D eigenvalue weighted by molar-refractivity contribution is -0.129. The van der Waals surface area contributed by atoms with Crippen molar-refractivity contribution >= 4 is 36.2 Å². The molecule has 0 spiro atoms. The summed E-state index contributed by atoms with van der Waals surface area (Å²) in [6.45, 7) is 2.04. The molecule has 4 nitrogen and oxygen atoms in total. The Morgan fingerprint density at radius 3 is 2.33 bits per heavy atom. The van der Waals surface area contributed by atoms with Crippen LogP contribution in [0.15, 0.2) is 54.6 Å². The van der Waals surface area contributed by atoms with E-state index in [2.05, 4.69) is 42.2 Å². The Bertz CT molecular complexity index is 736. The van der Waals surface area contributed by atoms with Gasteiger partial charge in [0.1, 0.15) is 6.04 Å². The molecule has 0 aliphatic rings. The number of amides is 2. The Kier molecular flexibility index (Phi) is 8.75. The number of benzene rings is 2. The maximum Gasteiger partial charge on any atom is 0.240 e. The third-order valence-corrected chi connectivity index (χ3v) is 5.80. The third-order valence-electron chi connectivity index (χ3n) is 4.25. The fourth-order valence-corrected chi connectivity index (χ4v) is 3.93. The molecule has 0 saturated heterocycles. The zero-order valence-corrected chi connectivity index (χ0v) is 17.1. The second-order valence-corrected chi connectivity index (χ2v) is 7.93. The number of carbonyl (C=O) groups is 2. The minimum atomic E-state index is -0.689. The SMILES string of the molecule is Cc1ccc(CSC[C@@H](NC(=O)[C@H](CS)Cc2ccccc2)C(N)=O)cc1. The molecule has 6 heteroatoms. The number of primary amides is 1. The number of nitrogens with two attached hydrogens (primary N) is 1. The lowest BCUT2D eigenvalue weighted by Crippen LogP contribution is -2.48. The highest BCUT2D eigenvalue weighted by atomic mass is 32.2. The van der Waals surface area contributed by atoms with Crippen LogP contribution in [0, 0.1) is 12.8 Å². The van der Waals surface area contributed by atoms with Crippen LogP contribution in [0.2, 0.25) is 0 Å². The topological polar surface area (TPSA) is 72.2 Å². The van der Waals surface area contributed by atoms with Crippen LogP contribution in [0.3, 0.4) is 0 Å². The van der Waals surface area contributed by atoms with Crippen LogP contribution >= 0.6 is 24.4 Å². The molecule has 3 N–H and O–H groups in total. The summed E-state index contributed by atoms with van der Waals surface area (Å²) in [4.78, 5) is 24.4. The molecule has 2 aromatic rings. The van der Waals surface area contributed by atoms with E-state index in [1.165, 1.54) is 11.1 Å². The molecule has 0 fully saturated rings. The molecule has 0 unspecified atom stereocenters. The highest BCUT2D eigenvalue weighted by molar-refractivity contribution is 7.98. The number of hydrogen-bond donors (Lipinski definition) is 3. The number of thioether (sulfide) groups is 1. The van der Waals surface area contributed by atoms with Gasteiger partial charge in [-0.3, -0.25) is 9.59 Å². The van der Waals surface area contributed by atoms with Gasteiger partial charge in [0.15, 0.2) is 0 Å². The number of aryl methyl sites for hydroxylation is 1. The lowest BCUT2D eigenvalue weighted by Gasteiger charge is -2.20. The summed E-state index contributed by atoms with van der Waals surface area (Å²) < 4.78 is 0. The Morgan fingerprint density at radius 2 is 1.74 bits per heavy atom. The molecule has 0 bridgehead atoms. The molecule has 2 aromatic carbocycles. The van der Waals surface area contributed by atoms with Crippen molar-refractivity contribution in [3.63, 3.8) is 0 Å². The van der Waals surface area contributed by atoms with Crippen molar-refractivity contribution in [2.75, 3.05) is 11.5 Å². The summed E-state index contributed by atoms with van der Waals surface area (Å²) >= 11 is 5.88. The molecule has 0 aliphatic heterocycles. The number of nitrogens with one attached hydrogen (secondary N) is 1. The van der Waals surface area contributed by atoms with E-state index >= 15 is 0 Å². The van der Waals surface area contributed by atoms with E-state index in [0.29, 0.717) is 17.9 Å². The fraction of sp³-hybridized carbons (Fsp3) is 0.333. The standard InChI is InChI=1S/C21H26N2O2S2/c1-15-7-9-17(10-8-15)13-27-14-19(20(22)24)23-21(25)18(12-26)11-16-5-3-2-4-6-16/h2-10,18-19,26H,11-14H2,1H3,(H2,22,24)(H,23,25)/t18-,19+/m0/s1. The number of carbonyl (C=O) groups excluding carboxylic acids is 2. The molecular formula is C21H26N2O2S2. The number of rotatable bonds is 10. The van der Waals surface area contributed by atoms with E-state index < -0.39 is 11.9 Å². The van der Waals surface area contributed by atoms with Crippen molar-refractivity contribution in [1.82, 2.24) is 5.32 Å². The molecule has 0 radical (unpaired) electrons. The monoisotopic (exact) mass is 402 g/mol. The number of hydrogen-bond acceptors (Lipinski definition) is 4. The summed E-state index contributed by atoms with van der Waals surface area (Å²) in [7, 11) is 0. The Labute approximate surface area is 170 Å². The first-order valence-electron chi connectivity index (χ1n) is 8.87. The summed E-state index contributed by atoms with van der Waals surface area (Å²) in [5.74, 6) is 0.605. The summed E-state index contributed by atoms with van der Waals surface area (Å²) in [5, 5.41) is 2.80. The predicted octanol–water partition coefficient (Wildman–Crippen LogP) is 2.99. The highest BCUT2D eigenvalue weighted by Gasteiger charge is 2.23. The zero-order valence-electron chi connectivity index (χ0n) is 15.4. The van der Waals surface area contributed by atoms with Gasteiger partial charge in [0.05, 0.1) is 5.92 Å². The van der Waals surface area contributed by atoms with Crippen LogP contribution in [-0.4, -0.2) is 29.4 Å². The number of thiol groups is 1. The van der Waals surface area contributed by atoms with Crippen molar-refractivity contribution in [2.24, 2.45) is 11.7 Å². The quantitative estimate of drug-likeness (QED) is 0.535. The van der Waals surface area contributed by atoms with E-state index in [0.717, 1.165) is 11.3 Å². The maximum absolute atomic E-state index is 12.6. The summed E-state index contributed by atoms with van der Waals surface area (Å²) in [6.07, 6.45) is 0.582. The van der Waals surface area contributed by atoms with Gasteiger partial charge >= 0.3 is 0 Å². The van der Waals surface area contributed by atoms with Crippen LogP contribution in [0.5, 0.6) is 0 Å². The van der Waals surface area contributed by atoms with Gasteiger partial charge in [0, 0.05) is 17.3 Å². The molecular weight excluding hydrogens is 376 g/mol. The van der Waals surface area contributed by atoms with Gasteiger partial charge < -0.3 is 11.1 Å². The highest BCUT2D eigenvalue weighted by Crippen LogP contribution is 2.15. The van der Waals surface area contributed by atoms with Gasteiger partial charge in [-0.15, -0.1) is 0 Å². The van der Waals surface area contributed by atoms with Crippen LogP contribution in [0.4, 0.5) is 0 Å². The molecule has 2 amide bonds. The first-order chi connectivity index (χ1) is 13.0. The van der Waals surface area contributed by atoms with E-state index in [1.54, 1.807) is 11.8 Å². The van der Waals surface area contributed by atoms with Gasteiger partial charge in [0.2, 0.25) is 11.8 Å². The second kappa shape index (κ2) is 11.0.